The summed E-state index contributed by atoms with van der Waals surface area (Å²) in [7, 11) is 1.29. The quantitative estimate of drug-likeness (QED) is 0.823. The second-order valence-corrected chi connectivity index (χ2v) is 7.07. The first-order valence-electron chi connectivity index (χ1n) is 9.37. The van der Waals surface area contributed by atoms with Crippen molar-refractivity contribution in [2.45, 2.75) is 19.8 Å². The number of methoxy groups -OCH3 is 1. The number of para-hydroxylation sites is 1. The monoisotopic (exact) mass is 380 g/mol. The van der Waals surface area contributed by atoms with Crippen LogP contribution in [0.3, 0.4) is 0 Å². The van der Waals surface area contributed by atoms with E-state index < -0.39 is 11.9 Å². The third-order valence-electron chi connectivity index (χ3n) is 4.90. The van der Waals surface area contributed by atoms with Gasteiger partial charge in [-0.1, -0.05) is 25.1 Å². The Bertz CT molecular complexity index is 894. The second-order valence-electron chi connectivity index (χ2n) is 7.07. The van der Waals surface area contributed by atoms with Crippen LogP contribution in [-0.4, -0.2) is 42.9 Å². The van der Waals surface area contributed by atoms with Crippen molar-refractivity contribution in [3.8, 4) is 0 Å². The van der Waals surface area contributed by atoms with Gasteiger partial charge in [0.1, 0.15) is 0 Å². The molecule has 0 radical (unpaired) electrons. The van der Waals surface area contributed by atoms with Gasteiger partial charge in [-0.3, -0.25) is 9.59 Å². The summed E-state index contributed by atoms with van der Waals surface area (Å²) in [6.07, 6.45) is 2.13. The van der Waals surface area contributed by atoms with Crippen molar-refractivity contribution in [3.63, 3.8) is 0 Å². The summed E-state index contributed by atoms with van der Waals surface area (Å²) >= 11 is 0. The number of likely N-dealkylation sites (tertiary alicyclic amines) is 1. The number of anilines is 1. The lowest BCUT2D eigenvalue weighted by molar-refractivity contribution is 0.0601. The van der Waals surface area contributed by atoms with E-state index in [9.17, 15) is 14.4 Å². The largest absolute Gasteiger partial charge is 0.465 e. The van der Waals surface area contributed by atoms with Gasteiger partial charge in [0.2, 0.25) is 0 Å². The molecule has 2 aromatic rings. The van der Waals surface area contributed by atoms with E-state index in [-0.39, 0.29) is 11.5 Å². The van der Waals surface area contributed by atoms with Crippen molar-refractivity contribution in [2.24, 2.45) is 5.92 Å². The van der Waals surface area contributed by atoms with Crippen molar-refractivity contribution in [1.82, 2.24) is 4.90 Å². The van der Waals surface area contributed by atoms with Gasteiger partial charge >= 0.3 is 5.97 Å². The molecule has 0 aliphatic carbocycles. The first-order chi connectivity index (χ1) is 13.5. The summed E-state index contributed by atoms with van der Waals surface area (Å²) in [5, 5.41) is 2.73. The third-order valence-corrected chi connectivity index (χ3v) is 4.90. The lowest BCUT2D eigenvalue weighted by atomic mass is 9.99. The zero-order chi connectivity index (χ0) is 20.1. The third kappa shape index (κ3) is 4.39. The number of hydrogen-bond acceptors (Lipinski definition) is 4. The minimum absolute atomic E-state index is 0.0591. The van der Waals surface area contributed by atoms with E-state index in [1.807, 2.05) is 4.90 Å². The minimum Gasteiger partial charge on any atom is -0.465 e. The van der Waals surface area contributed by atoms with Gasteiger partial charge in [0, 0.05) is 24.2 Å². The average Bonchev–Trinajstić information content (AvgIpc) is 2.73. The molecule has 3 rings (SSSR count). The van der Waals surface area contributed by atoms with E-state index in [0.717, 1.165) is 25.9 Å². The zero-order valence-corrected chi connectivity index (χ0v) is 16.1. The molecule has 0 bridgehead atoms. The maximum absolute atomic E-state index is 12.8. The fourth-order valence-electron chi connectivity index (χ4n) is 3.42. The molecule has 1 saturated heterocycles. The zero-order valence-electron chi connectivity index (χ0n) is 16.1. The number of nitrogens with zero attached hydrogens (tertiary/aromatic N) is 1. The molecule has 1 N–H and O–H groups in total. The normalized spacial score (nSPS) is 16.4. The van der Waals surface area contributed by atoms with Crippen LogP contribution in [0, 0.1) is 5.92 Å². The fourth-order valence-corrected chi connectivity index (χ4v) is 3.42. The molecule has 1 heterocycles. The first kappa shape index (κ1) is 19.6. The van der Waals surface area contributed by atoms with E-state index in [1.54, 1.807) is 48.5 Å². The minimum atomic E-state index is -0.529. The number of nitrogens with one attached hydrogen (secondary N) is 1. The Labute approximate surface area is 164 Å². The van der Waals surface area contributed by atoms with Crippen LogP contribution >= 0.6 is 0 Å². The maximum Gasteiger partial charge on any atom is 0.339 e. The number of amides is 2. The molecule has 0 saturated carbocycles. The van der Waals surface area contributed by atoms with Crippen LogP contribution in [0.5, 0.6) is 0 Å². The molecule has 2 aromatic carbocycles. The second kappa shape index (κ2) is 8.69. The number of esters is 1. The number of rotatable bonds is 4. The van der Waals surface area contributed by atoms with Gasteiger partial charge in [0.25, 0.3) is 11.8 Å². The predicted molar refractivity (Wildman–Crippen MR) is 106 cm³/mol. The highest BCUT2D eigenvalue weighted by atomic mass is 16.5. The Morgan fingerprint density at radius 2 is 1.82 bits per heavy atom. The molecule has 28 heavy (non-hydrogen) atoms. The van der Waals surface area contributed by atoms with E-state index in [0.29, 0.717) is 22.7 Å². The van der Waals surface area contributed by atoms with Gasteiger partial charge in [-0.05, 0) is 49.1 Å². The number of carbonyl (C=O) groups is 3. The first-order valence-corrected chi connectivity index (χ1v) is 9.37. The van der Waals surface area contributed by atoms with E-state index in [1.165, 1.54) is 7.11 Å². The van der Waals surface area contributed by atoms with Crippen molar-refractivity contribution >= 4 is 23.5 Å². The molecule has 1 atom stereocenters. The lowest BCUT2D eigenvalue weighted by Gasteiger charge is -2.31. The van der Waals surface area contributed by atoms with Crippen molar-refractivity contribution in [3.05, 3.63) is 65.2 Å². The molecule has 6 heteroatoms. The molecule has 2 amide bonds. The number of ether oxygens (including phenoxy) is 1. The molecule has 146 valence electrons. The average molecular weight is 380 g/mol. The van der Waals surface area contributed by atoms with Crippen LogP contribution in [-0.2, 0) is 4.74 Å². The van der Waals surface area contributed by atoms with Gasteiger partial charge in [0.05, 0.1) is 18.4 Å². The van der Waals surface area contributed by atoms with Crippen LogP contribution in [0.1, 0.15) is 50.8 Å². The molecule has 0 spiro atoms. The highest BCUT2D eigenvalue weighted by Gasteiger charge is 2.23. The van der Waals surface area contributed by atoms with Gasteiger partial charge in [-0.25, -0.2) is 4.79 Å². The molecule has 1 aliphatic rings. The van der Waals surface area contributed by atoms with Crippen molar-refractivity contribution in [2.75, 3.05) is 25.5 Å². The standard InChI is InChI=1S/C22H24N2O4/c1-15-7-6-12-24(14-15)21(26)17-9-5-8-16(13-17)20(25)23-19-11-4-3-10-18(19)22(27)28-2/h3-5,8-11,13,15H,6-7,12,14H2,1-2H3,(H,23,25). The highest BCUT2D eigenvalue weighted by molar-refractivity contribution is 6.09. The predicted octanol–water partition coefficient (Wildman–Crippen LogP) is 3.60. The number of benzene rings is 2. The molecule has 6 nitrogen and oxygen atoms in total. The topological polar surface area (TPSA) is 75.7 Å². The smallest absolute Gasteiger partial charge is 0.339 e. The van der Waals surface area contributed by atoms with Gasteiger partial charge in [0.15, 0.2) is 0 Å². The van der Waals surface area contributed by atoms with Crippen LogP contribution in [0.2, 0.25) is 0 Å². The fraction of sp³-hybridized carbons (Fsp3) is 0.318. The van der Waals surface area contributed by atoms with Gasteiger partial charge in [-0.2, -0.15) is 0 Å². The van der Waals surface area contributed by atoms with Crippen molar-refractivity contribution in [1.29, 1.82) is 0 Å². The maximum atomic E-state index is 12.8. The Morgan fingerprint density at radius 3 is 2.57 bits per heavy atom. The summed E-state index contributed by atoms with van der Waals surface area (Å²) in [4.78, 5) is 39.2. The molecule has 1 aliphatic heterocycles. The van der Waals surface area contributed by atoms with E-state index in [2.05, 4.69) is 12.2 Å². The molecule has 1 unspecified atom stereocenters. The van der Waals surface area contributed by atoms with Gasteiger partial charge in [-0.15, -0.1) is 0 Å². The molecule has 1 fully saturated rings. The van der Waals surface area contributed by atoms with E-state index in [4.69, 9.17) is 4.74 Å². The summed E-state index contributed by atoms with van der Waals surface area (Å²) < 4.78 is 4.75. The number of piperidine rings is 1. The van der Waals surface area contributed by atoms with Crippen LogP contribution in [0.15, 0.2) is 48.5 Å². The number of carbonyl (C=O) groups excluding carboxylic acids is 3. The summed E-state index contributed by atoms with van der Waals surface area (Å²) in [5.41, 5.74) is 1.48. The van der Waals surface area contributed by atoms with Gasteiger partial charge < -0.3 is 15.0 Å². The van der Waals surface area contributed by atoms with Crippen LogP contribution < -0.4 is 5.32 Å². The molecule has 0 aromatic heterocycles. The van der Waals surface area contributed by atoms with E-state index >= 15 is 0 Å². The Morgan fingerprint density at radius 1 is 1.07 bits per heavy atom. The summed E-state index contributed by atoms with van der Waals surface area (Å²) in [5.74, 6) is -0.493. The van der Waals surface area contributed by atoms with Crippen LogP contribution in [0.4, 0.5) is 5.69 Å². The van der Waals surface area contributed by atoms with Crippen molar-refractivity contribution < 1.29 is 19.1 Å². The molecular weight excluding hydrogens is 356 g/mol. The number of hydrogen-bond donors (Lipinski definition) is 1. The Balaban J connectivity index is 1.78. The van der Waals surface area contributed by atoms with Crippen LogP contribution in [0.25, 0.3) is 0 Å². The molecular formula is C22H24N2O4. The highest BCUT2D eigenvalue weighted by Crippen LogP contribution is 2.20. The summed E-state index contributed by atoms with van der Waals surface area (Å²) in [6, 6.07) is 13.3. The SMILES string of the molecule is COC(=O)c1ccccc1NC(=O)c1cccc(C(=O)N2CCCC(C)C2)c1. The Hall–Kier alpha value is -3.15. The lowest BCUT2D eigenvalue weighted by Crippen LogP contribution is -2.39. The summed E-state index contributed by atoms with van der Waals surface area (Å²) in [6.45, 7) is 3.62. The Kier molecular flexibility index (Phi) is 6.09.